The van der Waals surface area contributed by atoms with Crippen LogP contribution in [0, 0.1) is 5.92 Å². The molecule has 0 saturated carbocycles. The number of aromatic amines is 1. The first-order valence-corrected chi connectivity index (χ1v) is 7.30. The van der Waals surface area contributed by atoms with Gasteiger partial charge in [-0.3, -0.25) is 19.4 Å². The monoisotopic (exact) mass is 279 g/mol. The Morgan fingerprint density at radius 2 is 1.95 bits per heavy atom. The third kappa shape index (κ3) is 2.18. The minimum absolute atomic E-state index is 0.00332. The zero-order valence-electron chi connectivity index (χ0n) is 11.9. The van der Waals surface area contributed by atoms with Gasteiger partial charge >= 0.3 is 0 Å². The van der Waals surface area contributed by atoms with Gasteiger partial charge in [0.05, 0.1) is 11.6 Å². The number of anilines is 1. The Labute approximate surface area is 117 Å². The summed E-state index contributed by atoms with van der Waals surface area (Å²) in [7, 11) is 0. The second-order valence-electron chi connectivity index (χ2n) is 6.02. The topological polar surface area (TPSA) is 76.1 Å². The molecule has 1 fully saturated rings. The van der Waals surface area contributed by atoms with E-state index in [1.54, 1.807) is 0 Å². The molecule has 1 aromatic rings. The summed E-state index contributed by atoms with van der Waals surface area (Å²) in [5.41, 5.74) is 0.677. The van der Waals surface area contributed by atoms with Crippen LogP contribution in [0.4, 0.5) is 5.82 Å². The molecule has 6 heteroatoms. The summed E-state index contributed by atoms with van der Waals surface area (Å²) in [5.74, 6) is 0.947. The Hall–Kier alpha value is -1.56. The number of hydrogen-bond donors (Lipinski definition) is 2. The van der Waals surface area contributed by atoms with Crippen LogP contribution in [0.5, 0.6) is 0 Å². The summed E-state index contributed by atoms with van der Waals surface area (Å²) in [6, 6.07) is 0.200. The molecule has 2 N–H and O–H groups in total. The Balaban J connectivity index is 2.04. The van der Waals surface area contributed by atoms with Crippen LogP contribution in [0.15, 0.2) is 4.79 Å². The first kappa shape index (κ1) is 13.4. The number of fused-ring (bicyclic) bond motifs is 1. The van der Waals surface area contributed by atoms with Gasteiger partial charge in [-0.25, -0.2) is 0 Å². The van der Waals surface area contributed by atoms with Crippen molar-refractivity contribution in [2.45, 2.75) is 45.1 Å². The summed E-state index contributed by atoms with van der Waals surface area (Å²) >= 11 is 0. The van der Waals surface area contributed by atoms with Crippen LogP contribution in [0.2, 0.25) is 0 Å². The van der Waals surface area contributed by atoms with Gasteiger partial charge in [0.1, 0.15) is 5.82 Å². The molecule has 0 aromatic carbocycles. The molecule has 3 heterocycles. The van der Waals surface area contributed by atoms with E-state index in [9.17, 15) is 9.59 Å². The van der Waals surface area contributed by atoms with Gasteiger partial charge in [-0.05, 0) is 18.8 Å². The molecule has 1 amide bonds. The zero-order valence-corrected chi connectivity index (χ0v) is 11.9. The number of carbonyl (C=O) groups excluding carboxylic acids is 1. The van der Waals surface area contributed by atoms with Crippen LogP contribution in [-0.4, -0.2) is 28.9 Å². The summed E-state index contributed by atoms with van der Waals surface area (Å²) in [4.78, 5) is 24.2. The van der Waals surface area contributed by atoms with Crippen molar-refractivity contribution in [3.63, 3.8) is 0 Å². The number of nitrogens with one attached hydrogen (secondary N) is 2. The van der Waals surface area contributed by atoms with E-state index in [0.29, 0.717) is 25.5 Å². The largest absolute Gasteiger partial charge is 0.381 e. The number of amides is 1. The average Bonchev–Trinajstić information content (AvgIpc) is 2.76. The third-order valence-corrected chi connectivity index (χ3v) is 4.36. The number of carbonyl (C=O) groups is 1. The molecule has 1 atom stereocenters. The average molecular weight is 279 g/mol. The maximum atomic E-state index is 12.3. The SMILES string of the molecule is CC(C)[C@@H]1CC(=O)Nc2c1c(=O)[nH]n2C1CCOCC1. The molecule has 6 nitrogen and oxygen atoms in total. The Morgan fingerprint density at radius 3 is 2.60 bits per heavy atom. The molecule has 0 radical (unpaired) electrons. The highest BCUT2D eigenvalue weighted by molar-refractivity contribution is 5.93. The fourth-order valence-electron chi connectivity index (χ4n) is 3.21. The predicted octanol–water partition coefficient (Wildman–Crippen LogP) is 1.61. The molecule has 110 valence electrons. The van der Waals surface area contributed by atoms with E-state index in [1.165, 1.54) is 0 Å². The summed E-state index contributed by atoms with van der Waals surface area (Å²) in [5, 5.41) is 5.80. The van der Waals surface area contributed by atoms with Gasteiger partial charge in [0.15, 0.2) is 0 Å². The van der Waals surface area contributed by atoms with Crippen molar-refractivity contribution >= 4 is 11.7 Å². The zero-order chi connectivity index (χ0) is 14.3. The van der Waals surface area contributed by atoms with Crippen molar-refractivity contribution in [2.75, 3.05) is 18.5 Å². The lowest BCUT2D eigenvalue weighted by Gasteiger charge is -2.29. The fraction of sp³-hybridized carbons (Fsp3) is 0.714. The van der Waals surface area contributed by atoms with Gasteiger partial charge in [0.2, 0.25) is 5.91 Å². The van der Waals surface area contributed by atoms with E-state index >= 15 is 0 Å². The van der Waals surface area contributed by atoms with Crippen molar-refractivity contribution in [3.05, 3.63) is 15.9 Å². The lowest BCUT2D eigenvalue weighted by atomic mass is 9.84. The summed E-state index contributed by atoms with van der Waals surface area (Å²) in [6.45, 7) is 5.50. The van der Waals surface area contributed by atoms with E-state index in [1.807, 2.05) is 4.68 Å². The lowest BCUT2D eigenvalue weighted by molar-refractivity contribution is -0.117. The second kappa shape index (κ2) is 5.09. The molecule has 2 aliphatic heterocycles. The number of ether oxygens (including phenoxy) is 1. The molecule has 20 heavy (non-hydrogen) atoms. The molecular formula is C14H21N3O3. The van der Waals surface area contributed by atoms with Gasteiger partial charge < -0.3 is 10.1 Å². The predicted molar refractivity (Wildman–Crippen MR) is 75.0 cm³/mol. The number of aromatic nitrogens is 2. The molecular weight excluding hydrogens is 258 g/mol. The van der Waals surface area contributed by atoms with E-state index in [4.69, 9.17) is 4.74 Å². The highest BCUT2D eigenvalue weighted by Gasteiger charge is 2.34. The first-order valence-electron chi connectivity index (χ1n) is 7.30. The maximum absolute atomic E-state index is 12.3. The maximum Gasteiger partial charge on any atom is 0.269 e. The first-order chi connectivity index (χ1) is 9.58. The number of hydrogen-bond acceptors (Lipinski definition) is 3. The normalized spacial score (nSPS) is 23.8. The Bertz CT molecular complexity index is 567. The Morgan fingerprint density at radius 1 is 1.25 bits per heavy atom. The lowest BCUT2D eigenvalue weighted by Crippen LogP contribution is -2.29. The highest BCUT2D eigenvalue weighted by atomic mass is 16.5. The van der Waals surface area contributed by atoms with Crippen molar-refractivity contribution in [2.24, 2.45) is 5.92 Å². The molecule has 1 saturated heterocycles. The molecule has 2 aliphatic rings. The molecule has 3 rings (SSSR count). The number of H-pyrrole nitrogens is 1. The molecule has 0 bridgehead atoms. The fourth-order valence-corrected chi connectivity index (χ4v) is 3.21. The smallest absolute Gasteiger partial charge is 0.269 e. The molecule has 0 unspecified atom stereocenters. The second-order valence-corrected chi connectivity index (χ2v) is 6.02. The van der Waals surface area contributed by atoms with E-state index in [2.05, 4.69) is 24.3 Å². The third-order valence-electron chi connectivity index (χ3n) is 4.36. The number of nitrogens with zero attached hydrogens (tertiary/aromatic N) is 1. The van der Waals surface area contributed by atoms with Crippen LogP contribution in [0.1, 0.15) is 50.6 Å². The van der Waals surface area contributed by atoms with Crippen molar-refractivity contribution in [3.8, 4) is 0 Å². The van der Waals surface area contributed by atoms with E-state index in [-0.39, 0.29) is 29.3 Å². The van der Waals surface area contributed by atoms with E-state index < -0.39 is 0 Å². The van der Waals surface area contributed by atoms with Gasteiger partial charge in [0.25, 0.3) is 5.56 Å². The standard InChI is InChI=1S/C14H21N3O3/c1-8(2)10-7-11(18)15-13-12(10)14(19)16-17(13)9-3-5-20-6-4-9/h8-10H,3-7H2,1-2H3,(H,15,18)(H,16,19)/t10-/m0/s1. The van der Waals surface area contributed by atoms with Crippen LogP contribution < -0.4 is 10.9 Å². The van der Waals surface area contributed by atoms with Crippen molar-refractivity contribution in [1.29, 1.82) is 0 Å². The van der Waals surface area contributed by atoms with Crippen molar-refractivity contribution < 1.29 is 9.53 Å². The van der Waals surface area contributed by atoms with Gasteiger partial charge in [0, 0.05) is 25.6 Å². The summed E-state index contributed by atoms with van der Waals surface area (Å²) < 4.78 is 7.21. The van der Waals surface area contributed by atoms with Gasteiger partial charge in [-0.15, -0.1) is 0 Å². The van der Waals surface area contributed by atoms with Crippen LogP contribution >= 0.6 is 0 Å². The number of rotatable bonds is 2. The quantitative estimate of drug-likeness (QED) is 0.863. The highest BCUT2D eigenvalue weighted by Crippen LogP contribution is 2.37. The minimum Gasteiger partial charge on any atom is -0.381 e. The minimum atomic E-state index is -0.0646. The molecule has 0 spiro atoms. The van der Waals surface area contributed by atoms with Crippen LogP contribution in [-0.2, 0) is 9.53 Å². The van der Waals surface area contributed by atoms with Gasteiger partial charge in [-0.2, -0.15) is 0 Å². The summed E-state index contributed by atoms with van der Waals surface area (Å²) in [6.07, 6.45) is 2.12. The van der Waals surface area contributed by atoms with Crippen molar-refractivity contribution in [1.82, 2.24) is 9.78 Å². The van der Waals surface area contributed by atoms with Crippen LogP contribution in [0.3, 0.4) is 0 Å². The molecule has 1 aromatic heterocycles. The Kier molecular flexibility index (Phi) is 3.41. The van der Waals surface area contributed by atoms with Gasteiger partial charge in [-0.1, -0.05) is 13.8 Å². The van der Waals surface area contributed by atoms with E-state index in [0.717, 1.165) is 18.4 Å². The molecule has 0 aliphatic carbocycles. The van der Waals surface area contributed by atoms with Crippen LogP contribution in [0.25, 0.3) is 0 Å².